The number of rotatable bonds is 6. The van der Waals surface area contributed by atoms with E-state index in [2.05, 4.69) is 227 Å². The second-order valence-electron chi connectivity index (χ2n) is 21.6. The summed E-state index contributed by atoms with van der Waals surface area (Å²) in [7, 11) is 0. The molecule has 5 aromatic carbocycles. The van der Waals surface area contributed by atoms with E-state index in [1.807, 2.05) is 6.20 Å². The summed E-state index contributed by atoms with van der Waals surface area (Å²) >= 11 is 0. The van der Waals surface area contributed by atoms with Crippen molar-refractivity contribution in [2.75, 3.05) is 16.5 Å². The Labute approximate surface area is 359 Å². The van der Waals surface area contributed by atoms with Crippen LogP contribution in [0.5, 0.6) is 11.5 Å². The molecule has 2 aromatic heterocycles. The molecule has 310 valence electrons. The quantitative estimate of drug-likeness (QED) is 0.168. The van der Waals surface area contributed by atoms with Gasteiger partial charge in [-0.05, 0) is 116 Å². The van der Waals surface area contributed by atoms with Crippen LogP contribution in [0.15, 0.2) is 121 Å². The van der Waals surface area contributed by atoms with Crippen LogP contribution in [0.25, 0.3) is 27.6 Å². The van der Waals surface area contributed by atoms with Crippen LogP contribution in [-0.4, -0.2) is 16.2 Å². The van der Waals surface area contributed by atoms with Gasteiger partial charge in [-0.1, -0.05) is 133 Å². The number of hydrogen-bond acceptors (Lipinski definition) is 4. The van der Waals surface area contributed by atoms with Gasteiger partial charge in [0, 0.05) is 40.5 Å². The Hall–Kier alpha value is -5.55. The molecule has 5 heteroatoms. The highest BCUT2D eigenvalue weighted by atomic mass is 16.5. The summed E-state index contributed by atoms with van der Waals surface area (Å²) in [6, 6.07) is 42.4. The summed E-state index contributed by atoms with van der Waals surface area (Å²) in [5.41, 5.74) is 12.0. The molecular weight excluding hydrogens is 733 g/mol. The zero-order valence-electron chi connectivity index (χ0n) is 38.5. The lowest BCUT2D eigenvalue weighted by Crippen LogP contribution is -2.34. The van der Waals surface area contributed by atoms with Gasteiger partial charge in [-0.2, -0.15) is 0 Å². The molecule has 7 aromatic rings. The molecule has 0 atom stereocenters. The number of hydrogen-bond donors (Lipinski definition) is 0. The first kappa shape index (κ1) is 41.2. The number of benzene rings is 5. The molecule has 1 aliphatic heterocycles. The number of pyridine rings is 1. The maximum absolute atomic E-state index is 6.96. The topological polar surface area (TPSA) is 33.5 Å². The molecule has 0 N–H and O–H groups in total. The smallest absolute Gasteiger partial charge is 0.137 e. The summed E-state index contributed by atoms with van der Waals surface area (Å²) in [5.74, 6) is 2.50. The van der Waals surface area contributed by atoms with E-state index >= 15 is 0 Å². The van der Waals surface area contributed by atoms with E-state index in [4.69, 9.17) is 9.72 Å². The van der Waals surface area contributed by atoms with Crippen molar-refractivity contribution in [1.82, 2.24) is 9.55 Å². The van der Waals surface area contributed by atoms with E-state index in [0.717, 1.165) is 34.0 Å². The van der Waals surface area contributed by atoms with Gasteiger partial charge in [-0.25, -0.2) is 4.98 Å². The van der Waals surface area contributed by atoms with Gasteiger partial charge in [-0.3, -0.25) is 4.57 Å². The predicted molar refractivity (Wildman–Crippen MR) is 256 cm³/mol. The molecule has 0 amide bonds. The molecule has 3 heterocycles. The second-order valence-corrected chi connectivity index (χ2v) is 21.6. The Kier molecular flexibility index (Phi) is 9.81. The van der Waals surface area contributed by atoms with E-state index in [1.54, 1.807) is 0 Å². The summed E-state index contributed by atoms with van der Waals surface area (Å²) < 4.78 is 9.24. The zero-order valence-corrected chi connectivity index (χ0v) is 38.5. The first-order chi connectivity index (χ1) is 28.0. The van der Waals surface area contributed by atoms with E-state index in [1.165, 1.54) is 50.1 Å². The molecule has 0 aliphatic carbocycles. The molecule has 60 heavy (non-hydrogen) atoms. The van der Waals surface area contributed by atoms with Gasteiger partial charge in [-0.15, -0.1) is 0 Å². The summed E-state index contributed by atoms with van der Waals surface area (Å²) in [6.07, 6.45) is 1.93. The van der Waals surface area contributed by atoms with E-state index in [-0.39, 0.29) is 27.1 Å². The third kappa shape index (κ3) is 7.46. The lowest BCUT2D eigenvalue weighted by Gasteiger charge is -2.40. The Morgan fingerprint density at radius 2 is 1.12 bits per heavy atom. The van der Waals surface area contributed by atoms with Crippen molar-refractivity contribution >= 4 is 44.6 Å². The van der Waals surface area contributed by atoms with Gasteiger partial charge >= 0.3 is 0 Å². The van der Waals surface area contributed by atoms with Crippen molar-refractivity contribution in [3.05, 3.63) is 144 Å². The third-order valence-electron chi connectivity index (χ3n) is 13.3. The lowest BCUT2D eigenvalue weighted by molar-refractivity contribution is 0.225. The molecule has 0 spiro atoms. The Morgan fingerprint density at radius 3 is 1.82 bits per heavy atom. The van der Waals surface area contributed by atoms with E-state index in [0.29, 0.717) is 6.67 Å². The first-order valence-electron chi connectivity index (χ1n) is 21.6. The van der Waals surface area contributed by atoms with Crippen LogP contribution < -0.4 is 14.5 Å². The van der Waals surface area contributed by atoms with Gasteiger partial charge in [0.05, 0.1) is 22.4 Å². The molecule has 0 radical (unpaired) electrons. The summed E-state index contributed by atoms with van der Waals surface area (Å²) in [6.45, 7) is 32.9. The van der Waals surface area contributed by atoms with E-state index in [9.17, 15) is 0 Å². The first-order valence-corrected chi connectivity index (χ1v) is 21.6. The van der Waals surface area contributed by atoms with Gasteiger partial charge in [0.25, 0.3) is 0 Å². The molecule has 0 bridgehead atoms. The van der Waals surface area contributed by atoms with Gasteiger partial charge in [0.15, 0.2) is 0 Å². The maximum Gasteiger partial charge on any atom is 0.137 e. The van der Waals surface area contributed by atoms with E-state index < -0.39 is 0 Å². The second kappa shape index (κ2) is 14.3. The highest BCUT2D eigenvalue weighted by molar-refractivity contribution is 6.09. The van der Waals surface area contributed by atoms with Gasteiger partial charge in [0.1, 0.15) is 24.0 Å². The fraction of sp³-hybridized carbons (Fsp3) is 0.364. The zero-order chi connectivity index (χ0) is 43.2. The Morgan fingerprint density at radius 1 is 0.467 bits per heavy atom. The van der Waals surface area contributed by atoms with Crippen LogP contribution in [0.1, 0.15) is 119 Å². The van der Waals surface area contributed by atoms with Crippen molar-refractivity contribution in [1.29, 1.82) is 0 Å². The SMILES string of the molecule is CC(C)(C)c1cc(Oc2ccc3c4ccccc4n(-c4cc(C(C)(C)C)ccn4)c3c2)cc(N2CN(c3cccc(C(C)(C)C(C)(C)C)c3)c3cc(C(C)(C)C)ccc32)c1. The highest BCUT2D eigenvalue weighted by Crippen LogP contribution is 2.49. The van der Waals surface area contributed by atoms with Crippen LogP contribution in [0.2, 0.25) is 0 Å². The van der Waals surface area contributed by atoms with Gasteiger partial charge in [0.2, 0.25) is 0 Å². The summed E-state index contributed by atoms with van der Waals surface area (Å²) in [5, 5.41) is 2.36. The van der Waals surface area contributed by atoms with Crippen molar-refractivity contribution in [2.45, 2.75) is 119 Å². The molecule has 0 unspecified atom stereocenters. The fourth-order valence-electron chi connectivity index (χ4n) is 8.30. The normalized spacial score (nSPS) is 14.0. The minimum atomic E-state index is -0.112. The average Bonchev–Trinajstić information content (AvgIpc) is 3.72. The summed E-state index contributed by atoms with van der Waals surface area (Å²) in [4.78, 5) is 9.86. The molecular formula is C55H64N4O. The lowest BCUT2D eigenvalue weighted by atomic mass is 9.65. The van der Waals surface area contributed by atoms with Crippen LogP contribution in [-0.2, 0) is 21.7 Å². The molecule has 0 saturated carbocycles. The highest BCUT2D eigenvalue weighted by Gasteiger charge is 2.36. The Balaban J connectivity index is 1.23. The molecule has 5 nitrogen and oxygen atoms in total. The number of nitrogens with zero attached hydrogens (tertiary/aromatic N) is 4. The van der Waals surface area contributed by atoms with Crippen LogP contribution in [0, 0.1) is 5.41 Å². The standard InChI is InChI=1S/C55H64N4O/c1-51(2,3)36-22-25-47-49(31-36)57(40-19-17-18-38(28-40)55(13,14)54(10,11)12)35-58(47)41-29-39(53(7,8)9)30-43(33-41)60-42-23-24-45-44-20-15-16-21-46(44)59(48(45)34-42)50-32-37(26-27-56-50)52(4,5)6/h15-34H,35H2,1-14H3. The molecule has 0 fully saturated rings. The number of anilines is 4. The minimum absolute atomic E-state index is 0.00449. The van der Waals surface area contributed by atoms with Crippen molar-refractivity contribution < 1.29 is 4.74 Å². The monoisotopic (exact) mass is 797 g/mol. The van der Waals surface area contributed by atoms with Crippen LogP contribution in [0.3, 0.4) is 0 Å². The largest absolute Gasteiger partial charge is 0.457 e. The third-order valence-corrected chi connectivity index (χ3v) is 13.3. The van der Waals surface area contributed by atoms with Crippen LogP contribution in [0.4, 0.5) is 22.7 Å². The van der Waals surface area contributed by atoms with Crippen molar-refractivity contribution in [3.63, 3.8) is 0 Å². The number of aromatic nitrogens is 2. The maximum atomic E-state index is 6.96. The molecule has 1 aliphatic rings. The van der Waals surface area contributed by atoms with Crippen LogP contribution >= 0.6 is 0 Å². The predicted octanol–water partition coefficient (Wildman–Crippen LogP) is 15.4. The van der Waals surface area contributed by atoms with Gasteiger partial charge < -0.3 is 14.5 Å². The minimum Gasteiger partial charge on any atom is -0.457 e. The average molecular weight is 797 g/mol. The fourth-order valence-corrected chi connectivity index (χ4v) is 8.30. The van der Waals surface area contributed by atoms with Crippen molar-refractivity contribution in [2.24, 2.45) is 5.41 Å². The Bertz CT molecular complexity index is 2740. The van der Waals surface area contributed by atoms with Crippen molar-refractivity contribution in [3.8, 4) is 17.3 Å². The molecule has 8 rings (SSSR count). The number of fused-ring (bicyclic) bond motifs is 4. The molecule has 0 saturated heterocycles. The number of ether oxygens (including phenoxy) is 1. The number of para-hydroxylation sites is 1.